The van der Waals surface area contributed by atoms with Gasteiger partial charge in [0.25, 0.3) is 5.91 Å². The molecule has 2 aromatic carbocycles. The molecule has 0 atom stereocenters. The second kappa shape index (κ2) is 5.23. The number of nitrogen functional groups attached to an aromatic ring is 1. The van der Waals surface area contributed by atoms with Gasteiger partial charge < -0.3 is 15.8 Å². The van der Waals surface area contributed by atoms with E-state index in [2.05, 4.69) is 5.32 Å². The summed E-state index contributed by atoms with van der Waals surface area (Å²) in [7, 11) is 1.55. The molecule has 0 saturated carbocycles. The number of anilines is 2. The van der Waals surface area contributed by atoms with Crippen LogP contribution in [0.3, 0.4) is 0 Å². The lowest BCUT2D eigenvalue weighted by Gasteiger charge is -2.10. The van der Waals surface area contributed by atoms with Crippen molar-refractivity contribution in [3.8, 4) is 5.75 Å². The van der Waals surface area contributed by atoms with E-state index in [1.54, 1.807) is 37.4 Å². The Morgan fingerprint density at radius 1 is 1.17 bits per heavy atom. The first-order valence-corrected chi connectivity index (χ1v) is 5.50. The van der Waals surface area contributed by atoms with Crippen LogP contribution in [0, 0.1) is 0 Å². The van der Waals surface area contributed by atoms with Crippen LogP contribution in [0.2, 0.25) is 0 Å². The number of carbonyl (C=O) groups is 1. The standard InChI is InChI=1S/C14H14N2O2/c1-18-13-8-7-11(15)9-12(13)16-14(17)10-5-3-2-4-6-10/h2-9H,15H2,1H3,(H,16,17). The van der Waals surface area contributed by atoms with Crippen LogP contribution in [0.15, 0.2) is 48.5 Å². The van der Waals surface area contributed by atoms with Crippen molar-refractivity contribution in [2.45, 2.75) is 0 Å². The average Bonchev–Trinajstić information content (AvgIpc) is 2.40. The lowest BCUT2D eigenvalue weighted by molar-refractivity contribution is 0.102. The second-order valence-electron chi connectivity index (χ2n) is 3.78. The molecule has 2 rings (SSSR count). The molecule has 4 heteroatoms. The highest BCUT2D eigenvalue weighted by Gasteiger charge is 2.09. The molecule has 0 fully saturated rings. The van der Waals surface area contributed by atoms with Crippen molar-refractivity contribution in [1.29, 1.82) is 0 Å². The lowest BCUT2D eigenvalue weighted by atomic mass is 10.2. The van der Waals surface area contributed by atoms with Crippen molar-refractivity contribution in [3.63, 3.8) is 0 Å². The number of amides is 1. The zero-order valence-corrected chi connectivity index (χ0v) is 10.0. The third-order valence-corrected chi connectivity index (χ3v) is 2.51. The fourth-order valence-electron chi connectivity index (χ4n) is 1.61. The normalized spacial score (nSPS) is 9.83. The van der Waals surface area contributed by atoms with Crippen LogP contribution in [0.25, 0.3) is 0 Å². The van der Waals surface area contributed by atoms with Gasteiger partial charge in [0.1, 0.15) is 5.75 Å². The number of benzene rings is 2. The van der Waals surface area contributed by atoms with Gasteiger partial charge in [-0.2, -0.15) is 0 Å². The molecule has 0 aliphatic heterocycles. The summed E-state index contributed by atoms with van der Waals surface area (Å²) < 4.78 is 5.17. The molecule has 0 heterocycles. The molecule has 92 valence electrons. The second-order valence-corrected chi connectivity index (χ2v) is 3.78. The molecule has 0 bridgehead atoms. The van der Waals surface area contributed by atoms with Crippen molar-refractivity contribution < 1.29 is 9.53 Å². The molecule has 3 N–H and O–H groups in total. The highest BCUT2D eigenvalue weighted by atomic mass is 16.5. The summed E-state index contributed by atoms with van der Waals surface area (Å²) in [5.41, 5.74) is 7.41. The van der Waals surface area contributed by atoms with Crippen LogP contribution in [-0.4, -0.2) is 13.0 Å². The summed E-state index contributed by atoms with van der Waals surface area (Å²) >= 11 is 0. The lowest BCUT2D eigenvalue weighted by Crippen LogP contribution is -2.12. The number of nitrogens with one attached hydrogen (secondary N) is 1. The van der Waals surface area contributed by atoms with E-state index < -0.39 is 0 Å². The maximum Gasteiger partial charge on any atom is 0.255 e. The smallest absolute Gasteiger partial charge is 0.255 e. The first-order chi connectivity index (χ1) is 8.70. The van der Waals surface area contributed by atoms with Gasteiger partial charge in [-0.05, 0) is 30.3 Å². The molecule has 2 aromatic rings. The van der Waals surface area contributed by atoms with Crippen molar-refractivity contribution in [2.24, 2.45) is 0 Å². The van der Waals surface area contributed by atoms with Crippen LogP contribution in [0.1, 0.15) is 10.4 Å². The van der Waals surface area contributed by atoms with Gasteiger partial charge in [-0.3, -0.25) is 4.79 Å². The van der Waals surface area contributed by atoms with Gasteiger partial charge in [0, 0.05) is 11.3 Å². The predicted octanol–water partition coefficient (Wildman–Crippen LogP) is 2.53. The summed E-state index contributed by atoms with van der Waals surface area (Å²) in [6.45, 7) is 0. The number of hydrogen-bond donors (Lipinski definition) is 2. The van der Waals surface area contributed by atoms with E-state index in [-0.39, 0.29) is 5.91 Å². The molecular weight excluding hydrogens is 228 g/mol. The van der Waals surface area contributed by atoms with Crippen molar-refractivity contribution in [2.75, 3.05) is 18.2 Å². The maximum atomic E-state index is 12.0. The molecule has 0 aliphatic carbocycles. The Morgan fingerprint density at radius 2 is 1.89 bits per heavy atom. The van der Waals surface area contributed by atoms with Gasteiger partial charge in [-0.25, -0.2) is 0 Å². The summed E-state index contributed by atoms with van der Waals surface area (Å²) in [5.74, 6) is 0.382. The molecule has 1 amide bonds. The molecule has 0 aliphatic rings. The summed E-state index contributed by atoms with van der Waals surface area (Å²) in [6, 6.07) is 14.1. The Labute approximate surface area is 105 Å². The first-order valence-electron chi connectivity index (χ1n) is 5.50. The molecule has 18 heavy (non-hydrogen) atoms. The maximum absolute atomic E-state index is 12.0. The van der Waals surface area contributed by atoms with Gasteiger partial charge >= 0.3 is 0 Å². The topological polar surface area (TPSA) is 64.3 Å². The third-order valence-electron chi connectivity index (χ3n) is 2.51. The number of methoxy groups -OCH3 is 1. The molecule has 0 aromatic heterocycles. The van der Waals surface area contributed by atoms with Gasteiger partial charge in [0.15, 0.2) is 0 Å². The van der Waals surface area contributed by atoms with Crippen molar-refractivity contribution >= 4 is 17.3 Å². The minimum Gasteiger partial charge on any atom is -0.495 e. The molecule has 4 nitrogen and oxygen atoms in total. The van der Waals surface area contributed by atoms with Crippen LogP contribution in [-0.2, 0) is 0 Å². The quantitative estimate of drug-likeness (QED) is 0.813. The van der Waals surface area contributed by atoms with Gasteiger partial charge in [-0.1, -0.05) is 18.2 Å². The zero-order chi connectivity index (χ0) is 13.0. The molecule has 0 radical (unpaired) electrons. The number of hydrogen-bond acceptors (Lipinski definition) is 3. The molecule has 0 saturated heterocycles. The van der Waals surface area contributed by atoms with Gasteiger partial charge in [0.2, 0.25) is 0 Å². The first kappa shape index (κ1) is 12.0. The van der Waals surface area contributed by atoms with Gasteiger partial charge in [0.05, 0.1) is 12.8 Å². The van der Waals surface area contributed by atoms with Gasteiger partial charge in [-0.15, -0.1) is 0 Å². The van der Waals surface area contributed by atoms with E-state index in [0.717, 1.165) is 0 Å². The van der Waals surface area contributed by atoms with E-state index in [0.29, 0.717) is 22.7 Å². The van der Waals surface area contributed by atoms with E-state index in [1.165, 1.54) is 0 Å². The molecular formula is C14H14N2O2. The van der Waals surface area contributed by atoms with E-state index in [1.807, 2.05) is 18.2 Å². The molecule has 0 unspecified atom stereocenters. The Morgan fingerprint density at radius 3 is 2.56 bits per heavy atom. The van der Waals surface area contributed by atoms with E-state index >= 15 is 0 Å². The SMILES string of the molecule is COc1ccc(N)cc1NC(=O)c1ccccc1. The Kier molecular flexibility index (Phi) is 3.48. The highest BCUT2D eigenvalue weighted by molar-refractivity contribution is 6.05. The van der Waals surface area contributed by atoms with Crippen molar-refractivity contribution in [3.05, 3.63) is 54.1 Å². The van der Waals surface area contributed by atoms with Crippen LogP contribution in [0.5, 0.6) is 5.75 Å². The summed E-state index contributed by atoms with van der Waals surface area (Å²) in [5, 5.41) is 2.77. The van der Waals surface area contributed by atoms with Crippen LogP contribution < -0.4 is 15.8 Å². The zero-order valence-electron chi connectivity index (χ0n) is 10.0. The highest BCUT2D eigenvalue weighted by Crippen LogP contribution is 2.26. The fourth-order valence-corrected chi connectivity index (χ4v) is 1.61. The van der Waals surface area contributed by atoms with E-state index in [9.17, 15) is 4.79 Å². The van der Waals surface area contributed by atoms with Crippen molar-refractivity contribution in [1.82, 2.24) is 0 Å². The number of rotatable bonds is 3. The minimum absolute atomic E-state index is 0.195. The third kappa shape index (κ3) is 2.60. The van der Waals surface area contributed by atoms with Crippen LogP contribution >= 0.6 is 0 Å². The number of carbonyl (C=O) groups excluding carboxylic acids is 1. The van der Waals surface area contributed by atoms with Crippen LogP contribution in [0.4, 0.5) is 11.4 Å². The average molecular weight is 242 g/mol. The molecule has 0 spiro atoms. The Hall–Kier alpha value is -2.49. The minimum atomic E-state index is -0.195. The number of nitrogens with two attached hydrogens (primary N) is 1. The largest absolute Gasteiger partial charge is 0.495 e. The fraction of sp³-hybridized carbons (Fsp3) is 0.0714. The Balaban J connectivity index is 2.24. The summed E-state index contributed by atoms with van der Waals surface area (Å²) in [4.78, 5) is 12.0. The summed E-state index contributed by atoms with van der Waals surface area (Å²) in [6.07, 6.45) is 0. The number of ether oxygens (including phenoxy) is 1. The monoisotopic (exact) mass is 242 g/mol. The Bertz CT molecular complexity index is 553. The predicted molar refractivity (Wildman–Crippen MR) is 71.8 cm³/mol. The van der Waals surface area contributed by atoms with E-state index in [4.69, 9.17) is 10.5 Å².